The van der Waals surface area contributed by atoms with Crippen molar-refractivity contribution in [2.45, 2.75) is 13.3 Å². The summed E-state index contributed by atoms with van der Waals surface area (Å²) < 4.78 is 24.0. The molecule has 9 heteroatoms. The van der Waals surface area contributed by atoms with E-state index in [0.717, 1.165) is 6.26 Å². The number of carbonyl (C=O) groups is 1. The molecule has 0 saturated carbocycles. The Morgan fingerprint density at radius 1 is 1.25 bits per heavy atom. The predicted molar refractivity (Wildman–Crippen MR) is 76.0 cm³/mol. The minimum absolute atomic E-state index is 0.260. The molecule has 0 aliphatic carbocycles. The molecule has 0 fully saturated rings. The van der Waals surface area contributed by atoms with E-state index >= 15 is 0 Å². The topological polar surface area (TPSA) is 113 Å². The molecule has 3 N–H and O–H groups in total. The fraction of sp³-hybridized carbons (Fsp3) is 0.545. The van der Waals surface area contributed by atoms with Crippen LogP contribution >= 0.6 is 0 Å². The van der Waals surface area contributed by atoms with Gasteiger partial charge in [0.05, 0.1) is 6.26 Å². The van der Waals surface area contributed by atoms with E-state index in [-0.39, 0.29) is 11.6 Å². The molecule has 0 bridgehead atoms. The molecule has 1 amide bonds. The van der Waals surface area contributed by atoms with Gasteiger partial charge < -0.3 is 10.6 Å². The van der Waals surface area contributed by atoms with Gasteiger partial charge in [-0.3, -0.25) is 4.79 Å². The fourth-order valence-electron chi connectivity index (χ4n) is 1.36. The van der Waals surface area contributed by atoms with Crippen LogP contribution in [-0.4, -0.2) is 50.4 Å². The first kappa shape index (κ1) is 16.3. The monoisotopic (exact) mass is 301 g/mol. The van der Waals surface area contributed by atoms with E-state index in [0.29, 0.717) is 31.9 Å². The summed E-state index contributed by atoms with van der Waals surface area (Å²) in [6, 6.07) is 3.23. The number of amides is 1. The van der Waals surface area contributed by atoms with Gasteiger partial charge in [0.15, 0.2) is 5.69 Å². The van der Waals surface area contributed by atoms with E-state index in [2.05, 4.69) is 25.6 Å². The van der Waals surface area contributed by atoms with Crippen LogP contribution in [0.2, 0.25) is 0 Å². The normalized spacial score (nSPS) is 11.1. The van der Waals surface area contributed by atoms with Crippen molar-refractivity contribution in [3.63, 3.8) is 0 Å². The number of aromatic nitrogens is 2. The predicted octanol–water partition coefficient (Wildman–Crippen LogP) is -0.422. The highest BCUT2D eigenvalue weighted by molar-refractivity contribution is 7.88. The molecule has 0 spiro atoms. The van der Waals surface area contributed by atoms with Crippen molar-refractivity contribution in [3.05, 3.63) is 17.8 Å². The summed E-state index contributed by atoms with van der Waals surface area (Å²) in [7, 11) is -3.14. The number of nitrogens with zero attached hydrogens (tertiary/aromatic N) is 2. The molecule has 0 aromatic carbocycles. The summed E-state index contributed by atoms with van der Waals surface area (Å²) in [6.45, 7) is 3.27. The largest absolute Gasteiger partial charge is 0.369 e. The van der Waals surface area contributed by atoms with Crippen molar-refractivity contribution in [2.75, 3.05) is 31.2 Å². The van der Waals surface area contributed by atoms with Gasteiger partial charge in [-0.05, 0) is 25.5 Å². The number of hydrogen-bond acceptors (Lipinski definition) is 6. The average Bonchev–Trinajstić information content (AvgIpc) is 2.38. The highest BCUT2D eigenvalue weighted by Crippen LogP contribution is 2.01. The van der Waals surface area contributed by atoms with Crippen LogP contribution in [0, 0.1) is 0 Å². The number of carbonyl (C=O) groups excluding carboxylic acids is 1. The molecule has 8 nitrogen and oxygen atoms in total. The van der Waals surface area contributed by atoms with E-state index in [1.54, 1.807) is 12.1 Å². The number of nitrogens with one attached hydrogen (secondary N) is 3. The SMILES string of the molecule is CCNC(=O)c1ccc(NCCCNS(C)(=O)=O)nn1. The Morgan fingerprint density at radius 3 is 2.55 bits per heavy atom. The van der Waals surface area contributed by atoms with Gasteiger partial charge in [0.2, 0.25) is 10.0 Å². The molecule has 0 aliphatic rings. The van der Waals surface area contributed by atoms with Crippen molar-refractivity contribution in [3.8, 4) is 0 Å². The van der Waals surface area contributed by atoms with Crippen molar-refractivity contribution in [1.82, 2.24) is 20.2 Å². The molecule has 1 aromatic heterocycles. The minimum atomic E-state index is -3.14. The third-order valence-electron chi connectivity index (χ3n) is 2.26. The minimum Gasteiger partial charge on any atom is -0.369 e. The molecule has 0 saturated heterocycles. The van der Waals surface area contributed by atoms with Gasteiger partial charge in [0.25, 0.3) is 5.91 Å². The maximum atomic E-state index is 11.5. The summed E-state index contributed by atoms with van der Waals surface area (Å²) >= 11 is 0. The Balaban J connectivity index is 2.33. The Labute approximate surface area is 118 Å². The second-order valence-corrected chi connectivity index (χ2v) is 5.94. The molecule has 0 aliphatic heterocycles. The summed E-state index contributed by atoms with van der Waals surface area (Å²) in [4.78, 5) is 11.5. The van der Waals surface area contributed by atoms with E-state index in [1.165, 1.54) is 0 Å². The van der Waals surface area contributed by atoms with E-state index < -0.39 is 10.0 Å². The van der Waals surface area contributed by atoms with Gasteiger partial charge in [-0.2, -0.15) is 0 Å². The lowest BCUT2D eigenvalue weighted by Gasteiger charge is -2.06. The molecule has 0 unspecified atom stereocenters. The molecule has 20 heavy (non-hydrogen) atoms. The van der Waals surface area contributed by atoms with Crippen LogP contribution in [-0.2, 0) is 10.0 Å². The average molecular weight is 301 g/mol. The maximum Gasteiger partial charge on any atom is 0.271 e. The lowest BCUT2D eigenvalue weighted by Crippen LogP contribution is -2.25. The highest BCUT2D eigenvalue weighted by atomic mass is 32.2. The first-order valence-corrected chi connectivity index (χ1v) is 8.12. The maximum absolute atomic E-state index is 11.5. The zero-order chi connectivity index (χ0) is 15.0. The van der Waals surface area contributed by atoms with E-state index in [4.69, 9.17) is 0 Å². The molecule has 1 aromatic rings. The van der Waals surface area contributed by atoms with Crippen LogP contribution in [0.15, 0.2) is 12.1 Å². The Hall–Kier alpha value is -1.74. The van der Waals surface area contributed by atoms with Gasteiger partial charge in [-0.25, -0.2) is 13.1 Å². The number of sulfonamides is 1. The zero-order valence-electron chi connectivity index (χ0n) is 11.5. The first-order chi connectivity index (χ1) is 9.42. The molecular weight excluding hydrogens is 282 g/mol. The Bertz CT molecular complexity index is 529. The van der Waals surface area contributed by atoms with Crippen molar-refractivity contribution < 1.29 is 13.2 Å². The molecule has 0 radical (unpaired) electrons. The van der Waals surface area contributed by atoms with Crippen LogP contribution in [0.5, 0.6) is 0 Å². The van der Waals surface area contributed by atoms with Crippen LogP contribution in [0.25, 0.3) is 0 Å². The standard InChI is InChI=1S/C11H19N5O3S/c1-3-12-11(17)9-5-6-10(16-15-9)13-7-4-8-14-20(2,18)19/h5-6,14H,3-4,7-8H2,1-2H3,(H,12,17)(H,13,16). The van der Waals surface area contributed by atoms with Gasteiger partial charge in [0.1, 0.15) is 5.82 Å². The fourth-order valence-corrected chi connectivity index (χ4v) is 1.88. The van der Waals surface area contributed by atoms with Crippen LogP contribution in [0.1, 0.15) is 23.8 Å². The Morgan fingerprint density at radius 2 is 2.00 bits per heavy atom. The number of anilines is 1. The Kier molecular flexibility index (Phi) is 6.32. The quantitative estimate of drug-likeness (QED) is 0.562. The number of hydrogen-bond donors (Lipinski definition) is 3. The first-order valence-electron chi connectivity index (χ1n) is 6.23. The number of rotatable bonds is 8. The lowest BCUT2D eigenvalue weighted by atomic mass is 10.3. The summed E-state index contributed by atoms with van der Waals surface area (Å²) in [6.07, 6.45) is 1.73. The van der Waals surface area contributed by atoms with E-state index in [1.807, 2.05) is 6.92 Å². The van der Waals surface area contributed by atoms with Gasteiger partial charge in [-0.1, -0.05) is 0 Å². The smallest absolute Gasteiger partial charge is 0.271 e. The summed E-state index contributed by atoms with van der Waals surface area (Å²) in [5.41, 5.74) is 0.260. The third kappa shape index (κ3) is 6.43. The van der Waals surface area contributed by atoms with Gasteiger partial charge in [-0.15, -0.1) is 10.2 Å². The van der Waals surface area contributed by atoms with Crippen LogP contribution in [0.4, 0.5) is 5.82 Å². The molecule has 112 valence electrons. The van der Waals surface area contributed by atoms with Gasteiger partial charge >= 0.3 is 0 Å². The highest BCUT2D eigenvalue weighted by Gasteiger charge is 2.06. The molecule has 1 heterocycles. The summed E-state index contributed by atoms with van der Waals surface area (Å²) in [5, 5.41) is 13.3. The van der Waals surface area contributed by atoms with E-state index in [9.17, 15) is 13.2 Å². The van der Waals surface area contributed by atoms with Crippen molar-refractivity contribution in [1.29, 1.82) is 0 Å². The molecular formula is C11H19N5O3S. The van der Waals surface area contributed by atoms with Crippen LogP contribution in [0.3, 0.4) is 0 Å². The second kappa shape index (κ2) is 7.75. The lowest BCUT2D eigenvalue weighted by molar-refractivity contribution is 0.0950. The molecule has 0 atom stereocenters. The second-order valence-electron chi connectivity index (χ2n) is 4.11. The molecule has 1 rings (SSSR count). The van der Waals surface area contributed by atoms with Gasteiger partial charge in [0, 0.05) is 19.6 Å². The van der Waals surface area contributed by atoms with Crippen molar-refractivity contribution in [2.24, 2.45) is 0 Å². The van der Waals surface area contributed by atoms with Crippen molar-refractivity contribution >= 4 is 21.7 Å². The zero-order valence-corrected chi connectivity index (χ0v) is 12.3. The van der Waals surface area contributed by atoms with Crippen LogP contribution < -0.4 is 15.4 Å². The summed E-state index contributed by atoms with van der Waals surface area (Å²) in [5.74, 6) is 0.279. The third-order valence-corrected chi connectivity index (χ3v) is 2.99.